The van der Waals surface area contributed by atoms with Crippen molar-refractivity contribution in [2.45, 2.75) is 20.3 Å². The summed E-state index contributed by atoms with van der Waals surface area (Å²) in [7, 11) is 0. The molecule has 0 atom stereocenters. The molecule has 0 aliphatic rings. The molecule has 0 spiro atoms. The molecule has 0 saturated carbocycles. The predicted molar refractivity (Wildman–Crippen MR) is 72.4 cm³/mol. The van der Waals surface area contributed by atoms with Crippen molar-refractivity contribution in [1.29, 1.82) is 0 Å². The maximum absolute atomic E-state index is 3.52. The lowest BCUT2D eigenvalue weighted by atomic mass is 10.1. The number of hydrogen-bond acceptors (Lipinski definition) is 2. The second-order valence-corrected chi connectivity index (χ2v) is 4.86. The Hall–Kier alpha value is -1.28. The van der Waals surface area contributed by atoms with E-state index in [1.54, 1.807) is 11.3 Å². The van der Waals surface area contributed by atoms with Gasteiger partial charge in [0, 0.05) is 12.2 Å². The molecule has 1 aromatic carbocycles. The molecule has 1 nitrogen and oxygen atoms in total. The summed E-state index contributed by atoms with van der Waals surface area (Å²) >= 11 is 1.76. The van der Waals surface area contributed by atoms with Gasteiger partial charge in [-0.15, -0.1) is 0 Å². The molecule has 84 valence electrons. The van der Waals surface area contributed by atoms with Crippen LogP contribution in [0.15, 0.2) is 35.0 Å². The zero-order valence-corrected chi connectivity index (χ0v) is 10.6. The summed E-state index contributed by atoms with van der Waals surface area (Å²) in [5, 5.41) is 7.87. The average molecular weight is 231 g/mol. The second kappa shape index (κ2) is 5.17. The highest BCUT2D eigenvalue weighted by Gasteiger charge is 2.00. The number of para-hydroxylation sites is 1. The molecule has 1 N–H and O–H groups in total. The number of benzene rings is 1. The van der Waals surface area contributed by atoms with Gasteiger partial charge in [-0.2, -0.15) is 11.3 Å². The van der Waals surface area contributed by atoms with Crippen LogP contribution in [0.3, 0.4) is 0 Å². The van der Waals surface area contributed by atoms with Crippen LogP contribution in [0.1, 0.15) is 16.7 Å². The van der Waals surface area contributed by atoms with Crippen LogP contribution in [0.5, 0.6) is 0 Å². The number of nitrogens with one attached hydrogen (secondary N) is 1. The lowest BCUT2D eigenvalue weighted by molar-refractivity contribution is 1.02. The van der Waals surface area contributed by atoms with Gasteiger partial charge < -0.3 is 5.32 Å². The van der Waals surface area contributed by atoms with Crippen LogP contribution in [0, 0.1) is 13.8 Å². The van der Waals surface area contributed by atoms with E-state index >= 15 is 0 Å². The molecular weight excluding hydrogens is 214 g/mol. The van der Waals surface area contributed by atoms with Crippen molar-refractivity contribution in [3.05, 3.63) is 51.7 Å². The van der Waals surface area contributed by atoms with Gasteiger partial charge >= 0.3 is 0 Å². The number of hydrogen-bond donors (Lipinski definition) is 1. The minimum atomic E-state index is 1.00. The summed E-state index contributed by atoms with van der Waals surface area (Å²) < 4.78 is 0. The van der Waals surface area contributed by atoms with E-state index in [1.165, 1.54) is 22.4 Å². The molecule has 0 aliphatic carbocycles. The van der Waals surface area contributed by atoms with Gasteiger partial charge in [0.1, 0.15) is 0 Å². The van der Waals surface area contributed by atoms with Crippen molar-refractivity contribution < 1.29 is 0 Å². The standard InChI is InChI=1S/C14H17NS/c1-11-4-3-5-12(2)14(11)15-8-6-13-7-9-16-10-13/h3-5,7,9-10,15H,6,8H2,1-2H3. The van der Waals surface area contributed by atoms with E-state index in [0.29, 0.717) is 0 Å². The second-order valence-electron chi connectivity index (χ2n) is 4.08. The van der Waals surface area contributed by atoms with Gasteiger partial charge in [-0.1, -0.05) is 18.2 Å². The smallest absolute Gasteiger partial charge is 0.0399 e. The molecule has 0 amide bonds. The Morgan fingerprint density at radius 2 is 1.88 bits per heavy atom. The fourth-order valence-corrected chi connectivity index (χ4v) is 2.56. The van der Waals surface area contributed by atoms with E-state index in [4.69, 9.17) is 0 Å². The van der Waals surface area contributed by atoms with Crippen LogP contribution >= 0.6 is 11.3 Å². The number of anilines is 1. The van der Waals surface area contributed by atoms with Crippen LogP contribution in [0.4, 0.5) is 5.69 Å². The summed E-state index contributed by atoms with van der Waals surface area (Å²) in [5.41, 5.74) is 5.36. The SMILES string of the molecule is Cc1cccc(C)c1NCCc1ccsc1. The first-order valence-electron chi connectivity index (χ1n) is 5.58. The van der Waals surface area contributed by atoms with Crippen molar-refractivity contribution in [2.75, 3.05) is 11.9 Å². The van der Waals surface area contributed by atoms with Gasteiger partial charge in [-0.3, -0.25) is 0 Å². The normalized spacial score (nSPS) is 10.4. The molecular formula is C14H17NS. The van der Waals surface area contributed by atoms with E-state index in [0.717, 1.165) is 13.0 Å². The fraction of sp³-hybridized carbons (Fsp3) is 0.286. The van der Waals surface area contributed by atoms with Crippen LogP contribution < -0.4 is 5.32 Å². The van der Waals surface area contributed by atoms with E-state index in [2.05, 4.69) is 54.2 Å². The van der Waals surface area contributed by atoms with Crippen LogP contribution in [-0.4, -0.2) is 6.54 Å². The Balaban J connectivity index is 1.95. The van der Waals surface area contributed by atoms with Crippen molar-refractivity contribution in [2.24, 2.45) is 0 Å². The summed E-state index contributed by atoms with van der Waals surface area (Å²) in [4.78, 5) is 0. The molecule has 16 heavy (non-hydrogen) atoms. The number of aryl methyl sites for hydroxylation is 2. The van der Waals surface area contributed by atoms with Gasteiger partial charge in [-0.25, -0.2) is 0 Å². The van der Waals surface area contributed by atoms with Crippen molar-refractivity contribution in [1.82, 2.24) is 0 Å². The van der Waals surface area contributed by atoms with Gasteiger partial charge in [0.25, 0.3) is 0 Å². The third-order valence-corrected chi connectivity index (χ3v) is 3.51. The molecule has 2 aromatic rings. The Kier molecular flexibility index (Phi) is 3.62. The predicted octanol–water partition coefficient (Wildman–Crippen LogP) is 4.02. The lowest BCUT2D eigenvalue weighted by Gasteiger charge is -2.11. The highest BCUT2D eigenvalue weighted by Crippen LogP contribution is 2.19. The summed E-state index contributed by atoms with van der Waals surface area (Å²) in [5.74, 6) is 0. The third kappa shape index (κ3) is 2.64. The van der Waals surface area contributed by atoms with Gasteiger partial charge in [0.05, 0.1) is 0 Å². The monoisotopic (exact) mass is 231 g/mol. The summed E-state index contributed by atoms with van der Waals surface area (Å²) in [6.07, 6.45) is 1.09. The molecule has 0 fully saturated rings. The van der Waals surface area contributed by atoms with Crippen molar-refractivity contribution >= 4 is 17.0 Å². The summed E-state index contributed by atoms with van der Waals surface area (Å²) in [6, 6.07) is 8.60. The Morgan fingerprint density at radius 1 is 1.12 bits per heavy atom. The first-order valence-corrected chi connectivity index (χ1v) is 6.53. The topological polar surface area (TPSA) is 12.0 Å². The van der Waals surface area contributed by atoms with E-state index < -0.39 is 0 Å². The average Bonchev–Trinajstić information content (AvgIpc) is 2.75. The molecule has 2 rings (SSSR count). The molecule has 0 unspecified atom stereocenters. The zero-order valence-electron chi connectivity index (χ0n) is 9.79. The largest absolute Gasteiger partial charge is 0.384 e. The van der Waals surface area contributed by atoms with E-state index in [9.17, 15) is 0 Å². The fourth-order valence-electron chi connectivity index (χ4n) is 1.86. The Bertz CT molecular complexity index is 426. The van der Waals surface area contributed by atoms with Gasteiger partial charge in [-0.05, 0) is 53.8 Å². The first kappa shape index (κ1) is 11.2. The molecule has 0 saturated heterocycles. The van der Waals surface area contributed by atoms with Gasteiger partial charge in [0.15, 0.2) is 0 Å². The molecule has 1 heterocycles. The highest BCUT2D eigenvalue weighted by atomic mass is 32.1. The molecule has 1 aromatic heterocycles. The highest BCUT2D eigenvalue weighted by molar-refractivity contribution is 7.07. The zero-order chi connectivity index (χ0) is 11.4. The lowest BCUT2D eigenvalue weighted by Crippen LogP contribution is -2.06. The molecule has 0 bridgehead atoms. The minimum Gasteiger partial charge on any atom is -0.384 e. The van der Waals surface area contributed by atoms with Gasteiger partial charge in [0.2, 0.25) is 0 Å². The van der Waals surface area contributed by atoms with E-state index in [1.807, 2.05) is 0 Å². The third-order valence-electron chi connectivity index (χ3n) is 2.78. The quantitative estimate of drug-likeness (QED) is 0.838. The maximum Gasteiger partial charge on any atom is 0.0399 e. The molecule has 2 heteroatoms. The summed E-state index contributed by atoms with van der Waals surface area (Å²) in [6.45, 7) is 5.31. The van der Waals surface area contributed by atoms with Crippen molar-refractivity contribution in [3.63, 3.8) is 0 Å². The Labute approximate surface area is 101 Å². The molecule has 0 aliphatic heterocycles. The minimum absolute atomic E-state index is 1.00. The number of rotatable bonds is 4. The van der Waals surface area contributed by atoms with Crippen LogP contribution in [0.25, 0.3) is 0 Å². The maximum atomic E-state index is 3.52. The van der Waals surface area contributed by atoms with Crippen LogP contribution in [0.2, 0.25) is 0 Å². The van der Waals surface area contributed by atoms with Crippen LogP contribution in [-0.2, 0) is 6.42 Å². The molecule has 0 radical (unpaired) electrons. The first-order chi connectivity index (χ1) is 7.77. The number of thiophene rings is 1. The van der Waals surface area contributed by atoms with E-state index in [-0.39, 0.29) is 0 Å². The Morgan fingerprint density at radius 3 is 2.50 bits per heavy atom. The van der Waals surface area contributed by atoms with Crippen molar-refractivity contribution in [3.8, 4) is 0 Å².